The molecule has 8 nitrogen and oxygen atoms in total. The highest BCUT2D eigenvalue weighted by molar-refractivity contribution is 9.10. The van der Waals surface area contributed by atoms with Crippen LogP contribution in [0.4, 0.5) is 0 Å². The van der Waals surface area contributed by atoms with Crippen LogP contribution in [0.3, 0.4) is 0 Å². The lowest BCUT2D eigenvalue weighted by Crippen LogP contribution is -2.49. The summed E-state index contributed by atoms with van der Waals surface area (Å²) >= 11 is 15.5. The Balaban J connectivity index is 1.70. The first kappa shape index (κ1) is 19.5. The van der Waals surface area contributed by atoms with Crippen molar-refractivity contribution in [1.29, 1.82) is 5.26 Å². The molecule has 0 bridgehead atoms. The van der Waals surface area contributed by atoms with Crippen molar-refractivity contribution in [3.05, 3.63) is 38.8 Å². The number of sulfonamides is 1. The second-order valence-electron chi connectivity index (χ2n) is 5.58. The Morgan fingerprint density at radius 1 is 1.19 bits per heavy atom. The summed E-state index contributed by atoms with van der Waals surface area (Å²) < 4.78 is 29.3. The molecular formula is C14H13BrCl2N6O2S. The molecule has 1 aromatic carbocycles. The fourth-order valence-electron chi connectivity index (χ4n) is 2.63. The Morgan fingerprint density at radius 3 is 2.35 bits per heavy atom. The zero-order chi connectivity index (χ0) is 18.9. The largest absolute Gasteiger partial charge is 0.282 e. The first-order valence-electron chi connectivity index (χ1n) is 7.48. The zero-order valence-electron chi connectivity index (χ0n) is 13.3. The molecule has 1 saturated heterocycles. The predicted octanol–water partition coefficient (Wildman–Crippen LogP) is 2.18. The summed E-state index contributed by atoms with van der Waals surface area (Å²) in [6.07, 6.45) is 1.48. The van der Waals surface area contributed by atoms with Crippen molar-refractivity contribution in [1.82, 2.24) is 24.0 Å². The Kier molecular flexibility index (Phi) is 5.86. The predicted molar refractivity (Wildman–Crippen MR) is 99.2 cm³/mol. The molecule has 1 aliphatic rings. The normalized spacial score (nSPS) is 16.5. The Hall–Kier alpha value is -1.22. The van der Waals surface area contributed by atoms with E-state index in [1.165, 1.54) is 22.8 Å². The summed E-state index contributed by atoms with van der Waals surface area (Å²) in [5.74, 6) is 0.103. The molecule has 3 rings (SSSR count). The van der Waals surface area contributed by atoms with Gasteiger partial charge in [0.05, 0.1) is 16.7 Å². The van der Waals surface area contributed by atoms with Crippen molar-refractivity contribution < 1.29 is 8.42 Å². The monoisotopic (exact) mass is 478 g/mol. The third kappa shape index (κ3) is 4.03. The number of halogens is 3. The Morgan fingerprint density at radius 2 is 1.81 bits per heavy atom. The standard InChI is InChI=1S/C14H13BrCl2N6O2S/c15-10-5-11(16)14(12(17)6-10)26(24,25)23-3-1-21(2-4-23)9-22-8-19-13(7-18)20-22/h5-6,8H,1-4,9H2. The van der Waals surface area contributed by atoms with Gasteiger partial charge >= 0.3 is 0 Å². The molecule has 0 saturated carbocycles. The van der Waals surface area contributed by atoms with Crippen LogP contribution in [0, 0.1) is 11.3 Å². The van der Waals surface area contributed by atoms with E-state index in [1.807, 2.05) is 11.0 Å². The number of nitriles is 1. The van der Waals surface area contributed by atoms with Crippen LogP contribution in [0.15, 0.2) is 27.8 Å². The fraction of sp³-hybridized carbons (Fsp3) is 0.357. The van der Waals surface area contributed by atoms with Crippen molar-refractivity contribution in [2.75, 3.05) is 26.2 Å². The molecule has 2 aromatic rings. The van der Waals surface area contributed by atoms with Crippen LogP contribution >= 0.6 is 39.1 Å². The maximum Gasteiger partial charge on any atom is 0.252 e. The lowest BCUT2D eigenvalue weighted by Gasteiger charge is -2.33. The lowest BCUT2D eigenvalue weighted by molar-refractivity contribution is 0.145. The molecule has 0 aliphatic carbocycles. The van der Waals surface area contributed by atoms with Gasteiger partial charge in [-0.2, -0.15) is 9.57 Å². The zero-order valence-corrected chi connectivity index (χ0v) is 17.2. The second kappa shape index (κ2) is 7.80. The summed E-state index contributed by atoms with van der Waals surface area (Å²) in [7, 11) is -3.79. The third-order valence-electron chi connectivity index (χ3n) is 3.87. The minimum absolute atomic E-state index is 0.0765. The van der Waals surface area contributed by atoms with Gasteiger partial charge in [-0.05, 0) is 12.1 Å². The van der Waals surface area contributed by atoms with Crippen LogP contribution < -0.4 is 0 Å². The van der Waals surface area contributed by atoms with Gasteiger partial charge in [0.2, 0.25) is 10.0 Å². The van der Waals surface area contributed by atoms with Gasteiger partial charge in [-0.25, -0.2) is 18.1 Å². The van der Waals surface area contributed by atoms with Crippen LogP contribution in [0.25, 0.3) is 0 Å². The summed E-state index contributed by atoms with van der Waals surface area (Å²) in [5.41, 5.74) is 0. The Labute approximate surface area is 169 Å². The second-order valence-corrected chi connectivity index (χ2v) is 9.19. The van der Waals surface area contributed by atoms with E-state index in [1.54, 1.807) is 4.68 Å². The number of piperazine rings is 1. The number of hydrogen-bond acceptors (Lipinski definition) is 6. The van der Waals surface area contributed by atoms with Crippen molar-refractivity contribution in [2.24, 2.45) is 0 Å². The van der Waals surface area contributed by atoms with Gasteiger partial charge in [0.1, 0.15) is 17.3 Å². The molecule has 26 heavy (non-hydrogen) atoms. The molecule has 0 amide bonds. The SMILES string of the molecule is N#Cc1ncn(CN2CCN(S(=O)(=O)c3c(Cl)cc(Br)cc3Cl)CC2)n1. The van der Waals surface area contributed by atoms with Crippen molar-refractivity contribution in [3.8, 4) is 6.07 Å². The average molecular weight is 480 g/mol. The van der Waals surface area contributed by atoms with Crippen LogP contribution in [0.2, 0.25) is 10.0 Å². The van der Waals surface area contributed by atoms with Gasteiger partial charge in [0.15, 0.2) is 0 Å². The molecule has 1 aromatic heterocycles. The fourth-order valence-corrected chi connectivity index (χ4v) is 5.94. The van der Waals surface area contributed by atoms with Gasteiger partial charge in [-0.1, -0.05) is 39.1 Å². The quantitative estimate of drug-likeness (QED) is 0.666. The van der Waals surface area contributed by atoms with Gasteiger partial charge in [-0.3, -0.25) is 4.90 Å². The van der Waals surface area contributed by atoms with E-state index in [0.29, 0.717) is 37.3 Å². The molecule has 0 spiro atoms. The summed E-state index contributed by atoms with van der Waals surface area (Å²) in [4.78, 5) is 5.79. The first-order valence-corrected chi connectivity index (χ1v) is 10.5. The van der Waals surface area contributed by atoms with Crippen LogP contribution in [0.1, 0.15) is 5.82 Å². The summed E-state index contributed by atoms with van der Waals surface area (Å²) in [6, 6.07) is 4.88. The highest BCUT2D eigenvalue weighted by atomic mass is 79.9. The number of rotatable bonds is 4. The van der Waals surface area contributed by atoms with Crippen molar-refractivity contribution in [3.63, 3.8) is 0 Å². The van der Waals surface area contributed by atoms with E-state index >= 15 is 0 Å². The van der Waals surface area contributed by atoms with E-state index in [-0.39, 0.29) is 20.8 Å². The highest BCUT2D eigenvalue weighted by Crippen LogP contribution is 2.35. The number of nitrogens with zero attached hydrogens (tertiary/aromatic N) is 6. The van der Waals surface area contributed by atoms with E-state index in [2.05, 4.69) is 26.0 Å². The van der Waals surface area contributed by atoms with Crippen molar-refractivity contribution >= 4 is 49.2 Å². The van der Waals surface area contributed by atoms with E-state index in [4.69, 9.17) is 28.5 Å². The maximum atomic E-state index is 12.9. The van der Waals surface area contributed by atoms with Gasteiger partial charge in [0.25, 0.3) is 5.82 Å². The number of aromatic nitrogens is 3. The van der Waals surface area contributed by atoms with Gasteiger partial charge in [0, 0.05) is 30.7 Å². The van der Waals surface area contributed by atoms with Crippen LogP contribution in [-0.4, -0.2) is 58.6 Å². The molecule has 1 aliphatic heterocycles. The minimum Gasteiger partial charge on any atom is -0.282 e. The molecule has 0 radical (unpaired) electrons. The topological polar surface area (TPSA) is 95.1 Å². The highest BCUT2D eigenvalue weighted by Gasteiger charge is 2.32. The molecule has 2 heterocycles. The first-order chi connectivity index (χ1) is 12.3. The van der Waals surface area contributed by atoms with E-state index in [0.717, 1.165) is 0 Å². The summed E-state index contributed by atoms with van der Waals surface area (Å²) in [5, 5.41) is 12.9. The smallest absolute Gasteiger partial charge is 0.252 e. The molecule has 1 fully saturated rings. The number of hydrogen-bond donors (Lipinski definition) is 0. The minimum atomic E-state index is -3.79. The van der Waals surface area contributed by atoms with Gasteiger partial charge < -0.3 is 0 Å². The van der Waals surface area contributed by atoms with E-state index < -0.39 is 10.0 Å². The molecule has 0 atom stereocenters. The number of benzene rings is 1. The van der Waals surface area contributed by atoms with Crippen LogP contribution in [-0.2, 0) is 16.7 Å². The van der Waals surface area contributed by atoms with Gasteiger partial charge in [-0.15, -0.1) is 5.10 Å². The Bertz CT molecular complexity index is 943. The molecular weight excluding hydrogens is 467 g/mol. The lowest BCUT2D eigenvalue weighted by atomic mass is 10.4. The maximum absolute atomic E-state index is 12.9. The average Bonchev–Trinajstić information content (AvgIpc) is 3.01. The van der Waals surface area contributed by atoms with Crippen LogP contribution in [0.5, 0.6) is 0 Å². The van der Waals surface area contributed by atoms with E-state index in [9.17, 15) is 8.42 Å². The van der Waals surface area contributed by atoms with Crippen molar-refractivity contribution in [2.45, 2.75) is 11.6 Å². The molecule has 12 heteroatoms. The molecule has 0 N–H and O–H groups in total. The molecule has 138 valence electrons. The molecule has 0 unspecified atom stereocenters. The summed E-state index contributed by atoms with van der Waals surface area (Å²) in [6.45, 7) is 2.04. The third-order valence-corrected chi connectivity index (χ3v) is 7.15.